The molecule has 96 valence electrons. The Morgan fingerprint density at radius 3 is 2.76 bits per heavy atom. The van der Waals surface area contributed by atoms with Crippen LogP contribution < -0.4 is 5.73 Å². The molecule has 0 amide bonds. The number of pyridine rings is 1. The van der Waals surface area contributed by atoms with Crippen LogP contribution in [0.25, 0.3) is 0 Å². The molecule has 0 aliphatic carbocycles. The van der Waals surface area contributed by atoms with E-state index >= 15 is 0 Å². The lowest BCUT2D eigenvalue weighted by molar-refractivity contribution is 0.182. The molecule has 2 unspecified atom stereocenters. The molecule has 17 heavy (non-hydrogen) atoms. The van der Waals surface area contributed by atoms with E-state index in [2.05, 4.69) is 36.2 Å². The lowest BCUT2D eigenvalue weighted by atomic mass is 10.1. The van der Waals surface area contributed by atoms with Crippen LogP contribution >= 0.6 is 11.8 Å². The molecule has 0 aliphatic heterocycles. The maximum atomic E-state index is 5.89. The van der Waals surface area contributed by atoms with Crippen molar-refractivity contribution in [2.75, 3.05) is 25.6 Å². The first-order valence-corrected chi connectivity index (χ1v) is 7.42. The summed E-state index contributed by atoms with van der Waals surface area (Å²) in [6.07, 6.45) is 5.16. The molecule has 2 atom stereocenters. The van der Waals surface area contributed by atoms with Crippen molar-refractivity contribution in [2.45, 2.75) is 25.4 Å². The molecule has 4 heteroatoms. The Balaban J connectivity index is 2.67. The van der Waals surface area contributed by atoms with E-state index in [0.29, 0.717) is 12.6 Å². The predicted molar refractivity (Wildman–Crippen MR) is 76.3 cm³/mol. The van der Waals surface area contributed by atoms with Crippen LogP contribution in [0.2, 0.25) is 0 Å². The molecule has 1 aromatic heterocycles. The minimum absolute atomic E-state index is 0.216. The van der Waals surface area contributed by atoms with Crippen molar-refractivity contribution >= 4 is 11.8 Å². The topological polar surface area (TPSA) is 42.1 Å². The molecular formula is C13H23N3S. The summed E-state index contributed by atoms with van der Waals surface area (Å²) in [6, 6.07) is 6.75. The third-order valence-electron chi connectivity index (χ3n) is 3.18. The van der Waals surface area contributed by atoms with Gasteiger partial charge in [-0.3, -0.25) is 9.88 Å². The standard InChI is InChI=1S/C13H23N3S/c1-11(7-9-17-3)16(2)13(10-14)12-6-4-5-8-15-12/h4-6,8,11,13H,7,9-10,14H2,1-3H3. The number of likely N-dealkylation sites (N-methyl/N-ethyl adjacent to an activating group) is 1. The van der Waals surface area contributed by atoms with Gasteiger partial charge in [-0.15, -0.1) is 0 Å². The first kappa shape index (κ1) is 14.5. The Morgan fingerprint density at radius 2 is 2.24 bits per heavy atom. The zero-order valence-electron chi connectivity index (χ0n) is 11.0. The molecule has 0 aromatic carbocycles. The maximum absolute atomic E-state index is 5.89. The summed E-state index contributed by atoms with van der Waals surface area (Å²) in [5, 5.41) is 0. The quantitative estimate of drug-likeness (QED) is 0.808. The Kier molecular flexibility index (Phi) is 6.55. The largest absolute Gasteiger partial charge is 0.329 e. The molecular weight excluding hydrogens is 230 g/mol. The molecule has 0 bridgehead atoms. The lowest BCUT2D eigenvalue weighted by Gasteiger charge is -2.32. The second-order valence-corrected chi connectivity index (χ2v) is 5.29. The summed E-state index contributed by atoms with van der Waals surface area (Å²) in [6.45, 7) is 2.86. The van der Waals surface area contributed by atoms with Crippen molar-refractivity contribution in [3.63, 3.8) is 0 Å². The van der Waals surface area contributed by atoms with E-state index in [-0.39, 0.29) is 6.04 Å². The van der Waals surface area contributed by atoms with Crippen LogP contribution in [-0.2, 0) is 0 Å². The monoisotopic (exact) mass is 253 g/mol. The smallest absolute Gasteiger partial charge is 0.0644 e. The first-order chi connectivity index (χ1) is 8.20. The molecule has 0 aliphatic rings. The summed E-state index contributed by atoms with van der Waals surface area (Å²) in [5.74, 6) is 1.19. The molecule has 0 saturated heterocycles. The molecule has 1 aromatic rings. The normalized spacial score (nSPS) is 14.9. The van der Waals surface area contributed by atoms with Crippen molar-refractivity contribution < 1.29 is 0 Å². The molecule has 2 N–H and O–H groups in total. The van der Waals surface area contributed by atoms with Gasteiger partial charge in [0.2, 0.25) is 0 Å². The van der Waals surface area contributed by atoms with Crippen LogP contribution in [0.4, 0.5) is 0 Å². The average Bonchev–Trinajstić information content (AvgIpc) is 2.38. The Hall–Kier alpha value is -0.580. The molecule has 0 radical (unpaired) electrons. The van der Waals surface area contributed by atoms with E-state index < -0.39 is 0 Å². The van der Waals surface area contributed by atoms with Gasteiger partial charge >= 0.3 is 0 Å². The highest BCUT2D eigenvalue weighted by Crippen LogP contribution is 2.20. The van der Waals surface area contributed by atoms with Gasteiger partial charge in [0.05, 0.1) is 11.7 Å². The highest BCUT2D eigenvalue weighted by atomic mass is 32.2. The van der Waals surface area contributed by atoms with Crippen LogP contribution in [0.5, 0.6) is 0 Å². The molecule has 3 nitrogen and oxygen atoms in total. The number of hydrogen-bond acceptors (Lipinski definition) is 4. The average molecular weight is 253 g/mol. The van der Waals surface area contributed by atoms with E-state index in [9.17, 15) is 0 Å². The van der Waals surface area contributed by atoms with Gasteiger partial charge in [0, 0.05) is 18.8 Å². The zero-order chi connectivity index (χ0) is 12.7. The van der Waals surface area contributed by atoms with Crippen LogP contribution in [0.1, 0.15) is 25.1 Å². The van der Waals surface area contributed by atoms with E-state index in [1.165, 1.54) is 12.2 Å². The van der Waals surface area contributed by atoms with Gasteiger partial charge in [-0.25, -0.2) is 0 Å². The summed E-state index contributed by atoms with van der Waals surface area (Å²) in [7, 11) is 2.14. The third kappa shape index (κ3) is 4.30. The molecule has 1 rings (SSSR count). The van der Waals surface area contributed by atoms with Crippen molar-refractivity contribution in [2.24, 2.45) is 5.73 Å². The molecule has 0 spiro atoms. The number of nitrogens with zero attached hydrogens (tertiary/aromatic N) is 2. The number of hydrogen-bond donors (Lipinski definition) is 1. The second kappa shape index (κ2) is 7.69. The van der Waals surface area contributed by atoms with Crippen molar-refractivity contribution in [3.8, 4) is 0 Å². The van der Waals surface area contributed by atoms with E-state index in [1.54, 1.807) is 0 Å². The minimum Gasteiger partial charge on any atom is -0.329 e. The fourth-order valence-corrected chi connectivity index (χ4v) is 2.44. The number of thioether (sulfide) groups is 1. The van der Waals surface area contributed by atoms with Crippen molar-refractivity contribution in [1.82, 2.24) is 9.88 Å². The second-order valence-electron chi connectivity index (χ2n) is 4.30. The van der Waals surface area contributed by atoms with Crippen LogP contribution in [0.15, 0.2) is 24.4 Å². The van der Waals surface area contributed by atoms with E-state index in [4.69, 9.17) is 5.73 Å². The molecule has 1 heterocycles. The Labute approximate surface area is 109 Å². The number of aromatic nitrogens is 1. The number of nitrogens with two attached hydrogens (primary N) is 1. The molecule has 0 saturated carbocycles. The van der Waals surface area contributed by atoms with Gasteiger partial charge in [-0.1, -0.05) is 6.07 Å². The predicted octanol–water partition coefficient (Wildman–Crippen LogP) is 2.15. The van der Waals surface area contributed by atoms with Crippen LogP contribution in [-0.4, -0.2) is 41.5 Å². The van der Waals surface area contributed by atoms with Crippen molar-refractivity contribution in [3.05, 3.63) is 30.1 Å². The highest BCUT2D eigenvalue weighted by Gasteiger charge is 2.20. The summed E-state index contributed by atoms with van der Waals surface area (Å²) < 4.78 is 0. The van der Waals surface area contributed by atoms with Crippen LogP contribution in [0, 0.1) is 0 Å². The Morgan fingerprint density at radius 1 is 1.47 bits per heavy atom. The minimum atomic E-state index is 0.216. The van der Waals surface area contributed by atoms with Gasteiger partial charge < -0.3 is 5.73 Å². The van der Waals surface area contributed by atoms with Gasteiger partial charge in [0.15, 0.2) is 0 Å². The van der Waals surface area contributed by atoms with E-state index in [1.807, 2.05) is 30.1 Å². The lowest BCUT2D eigenvalue weighted by Crippen LogP contribution is -2.37. The van der Waals surface area contributed by atoms with Gasteiger partial charge in [-0.2, -0.15) is 11.8 Å². The van der Waals surface area contributed by atoms with E-state index in [0.717, 1.165) is 5.69 Å². The zero-order valence-corrected chi connectivity index (χ0v) is 11.8. The Bertz CT molecular complexity index is 305. The fraction of sp³-hybridized carbons (Fsp3) is 0.615. The summed E-state index contributed by atoms with van der Waals surface area (Å²) >= 11 is 1.89. The third-order valence-corrected chi connectivity index (χ3v) is 3.82. The first-order valence-electron chi connectivity index (χ1n) is 6.02. The van der Waals surface area contributed by atoms with Gasteiger partial charge in [0.1, 0.15) is 0 Å². The summed E-state index contributed by atoms with van der Waals surface area (Å²) in [4.78, 5) is 6.74. The molecule has 0 fully saturated rings. The fourth-order valence-electron chi connectivity index (χ4n) is 1.87. The maximum Gasteiger partial charge on any atom is 0.0644 e. The van der Waals surface area contributed by atoms with Crippen molar-refractivity contribution in [1.29, 1.82) is 0 Å². The highest BCUT2D eigenvalue weighted by molar-refractivity contribution is 7.98. The number of rotatable bonds is 7. The SMILES string of the molecule is CSCCC(C)N(C)C(CN)c1ccccn1. The van der Waals surface area contributed by atoms with Crippen LogP contribution in [0.3, 0.4) is 0 Å². The van der Waals surface area contributed by atoms with Gasteiger partial charge in [0.25, 0.3) is 0 Å². The summed E-state index contributed by atoms with van der Waals surface area (Å²) in [5.41, 5.74) is 6.95. The van der Waals surface area contributed by atoms with Gasteiger partial charge in [-0.05, 0) is 44.5 Å².